The molecule has 0 spiro atoms. The van der Waals surface area contributed by atoms with Crippen LogP contribution in [0.3, 0.4) is 0 Å². The van der Waals surface area contributed by atoms with Crippen LogP contribution in [0.2, 0.25) is 0 Å². The quantitative estimate of drug-likeness (QED) is 0.930. The summed E-state index contributed by atoms with van der Waals surface area (Å²) < 4.78 is 1.99. The molecule has 2 atom stereocenters. The molecular weight excluding hydrogens is 248 g/mol. The van der Waals surface area contributed by atoms with Gasteiger partial charge in [-0.15, -0.1) is 0 Å². The van der Waals surface area contributed by atoms with Crippen LogP contribution in [0.4, 0.5) is 5.69 Å². The van der Waals surface area contributed by atoms with Crippen LogP contribution in [0.15, 0.2) is 42.7 Å². The Morgan fingerprint density at radius 1 is 1.30 bits per heavy atom. The van der Waals surface area contributed by atoms with Crippen molar-refractivity contribution in [2.75, 3.05) is 18.0 Å². The highest BCUT2D eigenvalue weighted by molar-refractivity contribution is 5.45. The van der Waals surface area contributed by atoms with Crippen molar-refractivity contribution in [3.63, 3.8) is 0 Å². The summed E-state index contributed by atoms with van der Waals surface area (Å²) in [6.07, 6.45) is 4.12. The van der Waals surface area contributed by atoms with Crippen molar-refractivity contribution in [1.29, 1.82) is 0 Å². The molecule has 0 amide bonds. The number of hydrogen-bond donors (Lipinski definition) is 1. The summed E-state index contributed by atoms with van der Waals surface area (Å²) in [5.74, 6) is 0. The lowest BCUT2D eigenvalue weighted by atomic mass is 10.0. The first-order valence-electron chi connectivity index (χ1n) is 7.35. The second-order valence-corrected chi connectivity index (χ2v) is 5.43. The molecule has 0 aliphatic carbocycles. The molecule has 106 valence electrons. The topological polar surface area (TPSA) is 33.1 Å². The van der Waals surface area contributed by atoms with Gasteiger partial charge in [0.25, 0.3) is 0 Å². The molecule has 2 aromatic rings. The lowest BCUT2D eigenvalue weighted by molar-refractivity contribution is 0.414. The SMILES string of the molecule is CCn1cc(N2CC(c3ccccc3)NCC2C)cn1. The highest BCUT2D eigenvalue weighted by atomic mass is 15.3. The second kappa shape index (κ2) is 5.67. The Labute approximate surface area is 120 Å². The number of nitrogens with zero attached hydrogens (tertiary/aromatic N) is 3. The largest absolute Gasteiger partial charge is 0.363 e. The fourth-order valence-electron chi connectivity index (χ4n) is 2.81. The van der Waals surface area contributed by atoms with Crippen LogP contribution in [0, 0.1) is 0 Å². The van der Waals surface area contributed by atoms with Crippen LogP contribution >= 0.6 is 0 Å². The zero-order valence-electron chi connectivity index (χ0n) is 12.2. The van der Waals surface area contributed by atoms with Gasteiger partial charge in [-0.1, -0.05) is 30.3 Å². The number of benzene rings is 1. The van der Waals surface area contributed by atoms with Crippen LogP contribution in [-0.4, -0.2) is 28.9 Å². The molecule has 20 heavy (non-hydrogen) atoms. The Morgan fingerprint density at radius 3 is 2.80 bits per heavy atom. The van der Waals surface area contributed by atoms with Crippen molar-refractivity contribution >= 4 is 5.69 Å². The third kappa shape index (κ3) is 2.56. The van der Waals surface area contributed by atoms with E-state index in [0.717, 1.165) is 19.6 Å². The Bertz CT molecular complexity index is 549. The Kier molecular flexibility index (Phi) is 3.74. The minimum atomic E-state index is 0.386. The van der Waals surface area contributed by atoms with Gasteiger partial charge in [0.05, 0.1) is 11.9 Å². The fourth-order valence-corrected chi connectivity index (χ4v) is 2.81. The summed E-state index contributed by atoms with van der Waals surface area (Å²) in [7, 11) is 0. The van der Waals surface area contributed by atoms with Crippen molar-refractivity contribution in [3.05, 3.63) is 48.3 Å². The number of anilines is 1. The highest BCUT2D eigenvalue weighted by Gasteiger charge is 2.26. The summed E-state index contributed by atoms with van der Waals surface area (Å²) in [5, 5.41) is 8.03. The number of rotatable bonds is 3. The predicted molar refractivity (Wildman–Crippen MR) is 81.9 cm³/mol. The van der Waals surface area contributed by atoms with Gasteiger partial charge in [0, 0.05) is 37.9 Å². The molecule has 4 heteroatoms. The zero-order valence-corrected chi connectivity index (χ0v) is 12.2. The Hall–Kier alpha value is -1.81. The van der Waals surface area contributed by atoms with E-state index >= 15 is 0 Å². The van der Waals surface area contributed by atoms with E-state index in [1.165, 1.54) is 11.3 Å². The van der Waals surface area contributed by atoms with Gasteiger partial charge < -0.3 is 10.2 Å². The van der Waals surface area contributed by atoms with Crippen LogP contribution in [0.5, 0.6) is 0 Å². The van der Waals surface area contributed by atoms with Crippen LogP contribution < -0.4 is 10.2 Å². The van der Waals surface area contributed by atoms with Gasteiger partial charge in [-0.2, -0.15) is 5.10 Å². The number of aromatic nitrogens is 2. The molecule has 1 aliphatic rings. The van der Waals surface area contributed by atoms with E-state index in [4.69, 9.17) is 0 Å². The molecule has 1 aromatic heterocycles. The monoisotopic (exact) mass is 270 g/mol. The average Bonchev–Trinajstić information content (AvgIpc) is 2.97. The standard InChI is InChI=1S/C16H22N4/c1-3-19-11-15(10-18-19)20-12-16(17-9-13(20)2)14-7-5-4-6-8-14/h4-8,10-11,13,16-17H,3,9,12H2,1-2H3. The van der Waals surface area contributed by atoms with Crippen molar-refractivity contribution in [1.82, 2.24) is 15.1 Å². The van der Waals surface area contributed by atoms with E-state index in [1.807, 2.05) is 10.9 Å². The zero-order chi connectivity index (χ0) is 13.9. The number of aryl methyl sites for hydroxylation is 1. The molecule has 4 nitrogen and oxygen atoms in total. The van der Waals surface area contributed by atoms with Gasteiger partial charge in [-0.05, 0) is 19.4 Å². The smallest absolute Gasteiger partial charge is 0.0756 e. The lowest BCUT2D eigenvalue weighted by Gasteiger charge is -2.39. The van der Waals surface area contributed by atoms with E-state index in [2.05, 4.69) is 65.7 Å². The molecule has 3 rings (SSSR count). The van der Waals surface area contributed by atoms with Gasteiger partial charge in [0.2, 0.25) is 0 Å². The average molecular weight is 270 g/mol. The van der Waals surface area contributed by atoms with E-state index in [1.54, 1.807) is 0 Å². The van der Waals surface area contributed by atoms with Crippen LogP contribution in [0.1, 0.15) is 25.5 Å². The van der Waals surface area contributed by atoms with E-state index in [9.17, 15) is 0 Å². The van der Waals surface area contributed by atoms with E-state index in [-0.39, 0.29) is 0 Å². The fraction of sp³-hybridized carbons (Fsp3) is 0.438. The molecule has 1 aliphatic heterocycles. The molecule has 0 saturated carbocycles. The molecule has 1 saturated heterocycles. The maximum Gasteiger partial charge on any atom is 0.0756 e. The molecule has 1 aromatic carbocycles. The van der Waals surface area contributed by atoms with Gasteiger partial charge in [0.15, 0.2) is 0 Å². The molecular formula is C16H22N4. The van der Waals surface area contributed by atoms with Gasteiger partial charge in [-0.25, -0.2) is 0 Å². The van der Waals surface area contributed by atoms with Crippen molar-refractivity contribution in [2.24, 2.45) is 0 Å². The third-order valence-electron chi connectivity index (χ3n) is 4.05. The number of nitrogens with one attached hydrogen (secondary N) is 1. The van der Waals surface area contributed by atoms with Crippen molar-refractivity contribution in [2.45, 2.75) is 32.5 Å². The molecule has 1 fully saturated rings. The van der Waals surface area contributed by atoms with Crippen LogP contribution in [0.25, 0.3) is 0 Å². The van der Waals surface area contributed by atoms with Crippen LogP contribution in [-0.2, 0) is 6.54 Å². The minimum Gasteiger partial charge on any atom is -0.363 e. The van der Waals surface area contributed by atoms with Gasteiger partial charge >= 0.3 is 0 Å². The maximum absolute atomic E-state index is 4.40. The third-order valence-corrected chi connectivity index (χ3v) is 4.05. The van der Waals surface area contributed by atoms with E-state index in [0.29, 0.717) is 12.1 Å². The molecule has 2 unspecified atom stereocenters. The minimum absolute atomic E-state index is 0.386. The molecule has 1 N–H and O–H groups in total. The van der Waals surface area contributed by atoms with Gasteiger partial charge in [-0.3, -0.25) is 4.68 Å². The lowest BCUT2D eigenvalue weighted by Crippen LogP contribution is -2.51. The summed E-state index contributed by atoms with van der Waals surface area (Å²) in [6.45, 7) is 7.28. The molecule has 0 radical (unpaired) electrons. The first kappa shape index (κ1) is 13.2. The summed E-state index contributed by atoms with van der Waals surface area (Å²) >= 11 is 0. The number of hydrogen-bond acceptors (Lipinski definition) is 3. The predicted octanol–water partition coefficient (Wildman–Crippen LogP) is 2.44. The first-order valence-corrected chi connectivity index (χ1v) is 7.35. The Morgan fingerprint density at radius 2 is 2.10 bits per heavy atom. The number of piperazine rings is 1. The highest BCUT2D eigenvalue weighted by Crippen LogP contribution is 2.25. The molecule has 0 bridgehead atoms. The van der Waals surface area contributed by atoms with Crippen molar-refractivity contribution in [3.8, 4) is 0 Å². The second-order valence-electron chi connectivity index (χ2n) is 5.43. The normalized spacial score (nSPS) is 23.0. The molecule has 2 heterocycles. The summed E-state index contributed by atoms with van der Waals surface area (Å²) in [6, 6.07) is 11.5. The van der Waals surface area contributed by atoms with E-state index < -0.39 is 0 Å². The summed E-state index contributed by atoms with van der Waals surface area (Å²) in [4.78, 5) is 2.45. The first-order chi connectivity index (χ1) is 9.78. The van der Waals surface area contributed by atoms with Crippen molar-refractivity contribution < 1.29 is 0 Å². The Balaban J connectivity index is 1.80. The van der Waals surface area contributed by atoms with Gasteiger partial charge in [0.1, 0.15) is 0 Å². The summed E-state index contributed by atoms with van der Waals surface area (Å²) in [5.41, 5.74) is 2.58. The maximum atomic E-state index is 4.40.